The summed E-state index contributed by atoms with van der Waals surface area (Å²) < 4.78 is 63.8. The van der Waals surface area contributed by atoms with Crippen LogP contribution in [-0.4, -0.2) is 26.2 Å². The van der Waals surface area contributed by atoms with Crippen molar-refractivity contribution in [3.05, 3.63) is 64.7 Å². The molecule has 0 unspecified atom stereocenters. The molecule has 0 atom stereocenters. The Balaban J connectivity index is 1.98. The number of halogens is 4. The van der Waals surface area contributed by atoms with Crippen LogP contribution in [0.4, 0.5) is 18.9 Å². The van der Waals surface area contributed by atoms with Crippen molar-refractivity contribution in [3.8, 4) is 0 Å². The lowest BCUT2D eigenvalue weighted by Crippen LogP contribution is -2.30. The number of benzene rings is 2. The molecule has 0 saturated heterocycles. The fourth-order valence-corrected chi connectivity index (χ4v) is 4.17. The predicted molar refractivity (Wildman–Crippen MR) is 115 cm³/mol. The molecule has 0 amide bonds. The molecule has 168 valence electrons. The molecule has 0 spiro atoms. The van der Waals surface area contributed by atoms with Crippen LogP contribution in [-0.2, 0) is 14.9 Å². The molecule has 31 heavy (non-hydrogen) atoms. The van der Waals surface area contributed by atoms with E-state index in [0.29, 0.717) is 18.1 Å². The molecule has 3 rings (SSSR count). The second kappa shape index (κ2) is 9.91. The zero-order valence-corrected chi connectivity index (χ0v) is 18.1. The van der Waals surface area contributed by atoms with Crippen molar-refractivity contribution in [2.24, 2.45) is 11.1 Å². The van der Waals surface area contributed by atoms with Crippen molar-refractivity contribution in [3.63, 3.8) is 0 Å². The summed E-state index contributed by atoms with van der Waals surface area (Å²) in [5.74, 6) is 0.358. The molecule has 10 heteroatoms. The van der Waals surface area contributed by atoms with Gasteiger partial charge in [-0.2, -0.15) is 21.6 Å². The zero-order chi connectivity index (χ0) is 22.5. The highest BCUT2D eigenvalue weighted by atomic mass is 35.5. The molecule has 1 saturated carbocycles. The molecule has 0 aliphatic heterocycles. The van der Waals surface area contributed by atoms with E-state index in [1.165, 1.54) is 24.6 Å². The number of sulfonamides is 1. The van der Waals surface area contributed by atoms with Gasteiger partial charge < -0.3 is 4.84 Å². The van der Waals surface area contributed by atoms with Gasteiger partial charge in [-0.3, -0.25) is 4.72 Å². The highest BCUT2D eigenvalue weighted by Gasteiger charge is 2.46. The van der Waals surface area contributed by atoms with Gasteiger partial charge in [0.2, 0.25) is 0 Å². The number of rotatable bonds is 7. The highest BCUT2D eigenvalue weighted by molar-refractivity contribution is 7.93. The van der Waals surface area contributed by atoms with E-state index in [-0.39, 0.29) is 22.0 Å². The van der Waals surface area contributed by atoms with Crippen LogP contribution >= 0.6 is 11.6 Å². The lowest BCUT2D eigenvalue weighted by Gasteiger charge is -2.20. The van der Waals surface area contributed by atoms with Crippen molar-refractivity contribution in [1.82, 2.24) is 0 Å². The summed E-state index contributed by atoms with van der Waals surface area (Å²) >= 11 is 6.07. The van der Waals surface area contributed by atoms with Gasteiger partial charge in [-0.25, -0.2) is 0 Å². The van der Waals surface area contributed by atoms with Crippen molar-refractivity contribution in [2.75, 3.05) is 11.3 Å². The Morgan fingerprint density at radius 2 is 1.77 bits per heavy atom. The van der Waals surface area contributed by atoms with E-state index < -0.39 is 15.5 Å². The van der Waals surface area contributed by atoms with E-state index in [1.807, 2.05) is 0 Å². The Bertz CT molecular complexity index is 1020. The largest absolute Gasteiger partial charge is 0.516 e. The Kier molecular flexibility index (Phi) is 7.48. The van der Waals surface area contributed by atoms with Gasteiger partial charge in [0, 0.05) is 16.1 Å². The summed E-state index contributed by atoms with van der Waals surface area (Å²) in [6.07, 6.45) is 5.51. The van der Waals surface area contributed by atoms with Gasteiger partial charge in [0.15, 0.2) is 0 Å². The molecule has 0 aromatic heterocycles. The predicted octanol–water partition coefficient (Wildman–Crippen LogP) is 5.95. The van der Waals surface area contributed by atoms with Crippen molar-refractivity contribution in [1.29, 1.82) is 0 Å². The lowest BCUT2D eigenvalue weighted by molar-refractivity contribution is -0.0429. The van der Waals surface area contributed by atoms with E-state index in [4.69, 9.17) is 16.4 Å². The molecule has 2 aromatic rings. The number of oxime groups is 1. The maximum Gasteiger partial charge on any atom is 0.516 e. The molecule has 0 heterocycles. The Hall–Kier alpha value is -2.26. The molecule has 0 radical (unpaired) electrons. The maximum absolute atomic E-state index is 12.9. The normalized spacial score (nSPS) is 16.2. The van der Waals surface area contributed by atoms with Gasteiger partial charge in [0.25, 0.3) is 0 Å². The van der Waals surface area contributed by atoms with E-state index in [9.17, 15) is 21.6 Å². The Morgan fingerprint density at radius 3 is 2.42 bits per heavy atom. The molecular weight excluding hydrogens is 453 g/mol. The van der Waals surface area contributed by atoms with Gasteiger partial charge in [-0.1, -0.05) is 66.4 Å². The van der Waals surface area contributed by atoms with Gasteiger partial charge >= 0.3 is 15.5 Å². The number of anilines is 1. The first kappa shape index (κ1) is 23.4. The smallest absolute Gasteiger partial charge is 0.395 e. The first-order valence-corrected chi connectivity index (χ1v) is 11.7. The minimum absolute atomic E-state index is 0.0789. The number of hydrogen-bond donors (Lipinski definition) is 1. The standard InChI is InChI=1S/C21H22ClF3N2O3S/c22-17-11-12-19(27-31(28,29)21(23,24)25)18(13-17)20(16-9-5-2-6-10-16)26-30-14-15-7-3-1-4-8-15/h2,5-6,9-13,15,27H,1,3-4,7-8,14H2/b26-20+. The monoisotopic (exact) mass is 474 g/mol. The summed E-state index contributed by atoms with van der Waals surface area (Å²) in [6, 6.07) is 12.5. The fourth-order valence-electron chi connectivity index (χ4n) is 3.42. The molecule has 1 fully saturated rings. The lowest BCUT2D eigenvalue weighted by atomic mass is 9.90. The Morgan fingerprint density at radius 1 is 1.10 bits per heavy atom. The fraction of sp³-hybridized carbons (Fsp3) is 0.381. The van der Waals surface area contributed by atoms with Crippen LogP contribution in [0.1, 0.15) is 43.2 Å². The quantitative estimate of drug-likeness (QED) is 0.398. The molecular formula is C21H22ClF3N2O3S. The second-order valence-electron chi connectivity index (χ2n) is 7.35. The van der Waals surface area contributed by atoms with E-state index in [2.05, 4.69) is 5.16 Å². The topological polar surface area (TPSA) is 67.8 Å². The van der Waals surface area contributed by atoms with Crippen LogP contribution in [0.25, 0.3) is 0 Å². The molecule has 5 nitrogen and oxygen atoms in total. The number of hydrogen-bond acceptors (Lipinski definition) is 4. The maximum atomic E-state index is 12.9. The van der Waals surface area contributed by atoms with Gasteiger partial charge in [-0.05, 0) is 37.0 Å². The summed E-state index contributed by atoms with van der Waals surface area (Å²) in [6.45, 7) is 0.376. The molecule has 2 aromatic carbocycles. The third kappa shape index (κ3) is 6.13. The first-order valence-electron chi connectivity index (χ1n) is 9.82. The average Bonchev–Trinajstić information content (AvgIpc) is 2.73. The molecule has 0 bridgehead atoms. The van der Waals surface area contributed by atoms with Gasteiger partial charge in [0.1, 0.15) is 12.3 Å². The van der Waals surface area contributed by atoms with Crippen LogP contribution in [0.3, 0.4) is 0 Å². The SMILES string of the molecule is O=S(=O)(Nc1ccc(Cl)cc1/C(=N/OCC1CCCCC1)c1ccccc1)C(F)(F)F. The Labute approximate surface area is 184 Å². The summed E-state index contributed by atoms with van der Waals surface area (Å²) in [5.41, 5.74) is -4.97. The van der Waals surface area contributed by atoms with Gasteiger partial charge in [0.05, 0.1) is 5.69 Å². The van der Waals surface area contributed by atoms with Crippen LogP contribution < -0.4 is 4.72 Å². The van der Waals surface area contributed by atoms with Crippen LogP contribution in [0, 0.1) is 5.92 Å². The first-order chi connectivity index (χ1) is 14.7. The molecule has 1 aliphatic rings. The summed E-state index contributed by atoms with van der Waals surface area (Å²) in [4.78, 5) is 5.58. The number of nitrogens with one attached hydrogen (secondary N) is 1. The average molecular weight is 475 g/mol. The highest BCUT2D eigenvalue weighted by Crippen LogP contribution is 2.30. The number of alkyl halides is 3. The van der Waals surface area contributed by atoms with Crippen molar-refractivity contribution < 1.29 is 26.4 Å². The van der Waals surface area contributed by atoms with Crippen LogP contribution in [0.15, 0.2) is 53.7 Å². The third-order valence-corrected chi connectivity index (χ3v) is 6.36. The van der Waals surface area contributed by atoms with E-state index in [0.717, 1.165) is 25.7 Å². The zero-order valence-electron chi connectivity index (χ0n) is 16.5. The molecule has 1 N–H and O–H groups in total. The van der Waals surface area contributed by atoms with Gasteiger partial charge in [-0.15, -0.1) is 0 Å². The minimum Gasteiger partial charge on any atom is -0.395 e. The third-order valence-electron chi connectivity index (χ3n) is 5.02. The van der Waals surface area contributed by atoms with Crippen LogP contribution in [0.5, 0.6) is 0 Å². The summed E-state index contributed by atoms with van der Waals surface area (Å²) in [7, 11) is -5.63. The van der Waals surface area contributed by atoms with E-state index >= 15 is 0 Å². The minimum atomic E-state index is -5.63. The van der Waals surface area contributed by atoms with Crippen molar-refractivity contribution in [2.45, 2.75) is 37.6 Å². The van der Waals surface area contributed by atoms with Crippen LogP contribution in [0.2, 0.25) is 5.02 Å². The summed E-state index contributed by atoms with van der Waals surface area (Å²) in [5, 5.41) is 4.40. The second-order valence-corrected chi connectivity index (χ2v) is 9.46. The van der Waals surface area contributed by atoms with Crippen molar-refractivity contribution >= 4 is 33.0 Å². The number of nitrogens with zero attached hydrogens (tertiary/aromatic N) is 1. The van der Waals surface area contributed by atoms with E-state index in [1.54, 1.807) is 35.1 Å². The molecule has 1 aliphatic carbocycles.